The van der Waals surface area contributed by atoms with Crippen molar-refractivity contribution in [2.45, 2.75) is 31.6 Å². The highest BCUT2D eigenvalue weighted by molar-refractivity contribution is 8.00. The zero-order valence-corrected chi connectivity index (χ0v) is 9.02. The van der Waals surface area contributed by atoms with Gasteiger partial charge in [-0.1, -0.05) is 0 Å². The van der Waals surface area contributed by atoms with Gasteiger partial charge in [0.15, 0.2) is 0 Å². The predicted molar refractivity (Wildman–Crippen MR) is 54.7 cm³/mol. The van der Waals surface area contributed by atoms with Crippen LogP contribution in [0.4, 0.5) is 0 Å². The summed E-state index contributed by atoms with van der Waals surface area (Å²) in [5.41, 5.74) is 0. The fourth-order valence-corrected chi connectivity index (χ4v) is 2.82. The van der Waals surface area contributed by atoms with Gasteiger partial charge in [0.05, 0.1) is 6.10 Å². The molecule has 1 fully saturated rings. The number of hydrogen-bond donors (Lipinski definition) is 1. The average Bonchev–Trinajstić information content (AvgIpc) is 1.82. The minimum Gasteiger partial charge on any atom is -0.392 e. The molecule has 1 aliphatic rings. The molecule has 0 aromatic heterocycles. The number of hydrogen-bond acceptors (Lipinski definition) is 3. The second-order valence-electron chi connectivity index (χ2n) is 4.19. The Hall–Kier alpha value is 0.270. The zero-order valence-electron chi connectivity index (χ0n) is 8.21. The highest BCUT2D eigenvalue weighted by Crippen LogP contribution is 2.29. The second-order valence-corrected chi connectivity index (χ2v) is 5.99. The molecule has 0 unspecified atom stereocenters. The molecule has 1 aliphatic heterocycles. The maximum Gasteiger partial charge on any atom is 0.0639 e. The summed E-state index contributed by atoms with van der Waals surface area (Å²) in [6.45, 7) is 9.44. The third-order valence-corrected chi connectivity index (χ3v) is 3.32. The van der Waals surface area contributed by atoms with Crippen molar-refractivity contribution in [3.63, 3.8) is 0 Å². The molecule has 0 bridgehead atoms. The third kappa shape index (κ3) is 3.33. The van der Waals surface area contributed by atoms with Crippen molar-refractivity contribution in [3.8, 4) is 0 Å². The Morgan fingerprint density at radius 1 is 1.58 bits per heavy atom. The number of rotatable bonds is 2. The second kappa shape index (κ2) is 3.99. The van der Waals surface area contributed by atoms with Crippen LogP contribution in [0.25, 0.3) is 0 Å². The molecular formula is C9H19NOS. The minimum atomic E-state index is -0.191. The van der Waals surface area contributed by atoms with E-state index < -0.39 is 0 Å². The first kappa shape index (κ1) is 10.4. The Kier molecular flexibility index (Phi) is 3.44. The molecule has 1 N–H and O–H groups in total. The Balaban J connectivity index is 2.36. The molecule has 0 spiro atoms. The molecule has 72 valence electrons. The van der Waals surface area contributed by atoms with E-state index in [2.05, 4.69) is 18.7 Å². The lowest BCUT2D eigenvalue weighted by atomic mass is 10.2. The molecule has 1 rings (SSSR count). The Morgan fingerprint density at radius 3 is 2.75 bits per heavy atom. The summed E-state index contributed by atoms with van der Waals surface area (Å²) in [5, 5.41) is 9.23. The standard InChI is InChI=1S/C9H19NOS/c1-8(11)6-10-4-5-12-9(2,3)7-10/h8,11H,4-7H2,1-3H3/t8-/m1/s1. The van der Waals surface area contributed by atoms with Crippen LogP contribution in [0.2, 0.25) is 0 Å². The summed E-state index contributed by atoms with van der Waals surface area (Å²) in [7, 11) is 0. The van der Waals surface area contributed by atoms with Gasteiger partial charge in [-0.3, -0.25) is 4.90 Å². The van der Waals surface area contributed by atoms with Crippen LogP contribution >= 0.6 is 11.8 Å². The molecule has 1 heterocycles. The fourth-order valence-electron chi connectivity index (χ4n) is 1.64. The highest BCUT2D eigenvalue weighted by Gasteiger charge is 2.27. The van der Waals surface area contributed by atoms with Crippen molar-refractivity contribution in [1.82, 2.24) is 4.90 Å². The summed E-state index contributed by atoms with van der Waals surface area (Å²) in [5.74, 6) is 1.19. The molecule has 1 atom stereocenters. The summed E-state index contributed by atoms with van der Waals surface area (Å²) in [6, 6.07) is 0. The smallest absolute Gasteiger partial charge is 0.0639 e. The van der Waals surface area contributed by atoms with Crippen LogP contribution in [-0.4, -0.2) is 46.2 Å². The van der Waals surface area contributed by atoms with Gasteiger partial charge in [0.2, 0.25) is 0 Å². The Bertz CT molecular complexity index is 147. The number of aliphatic hydroxyl groups is 1. The van der Waals surface area contributed by atoms with E-state index in [1.165, 1.54) is 5.75 Å². The van der Waals surface area contributed by atoms with Crippen LogP contribution in [0.5, 0.6) is 0 Å². The molecule has 1 saturated heterocycles. The van der Waals surface area contributed by atoms with E-state index in [1.54, 1.807) is 0 Å². The van der Waals surface area contributed by atoms with E-state index in [-0.39, 0.29) is 6.10 Å². The molecule has 0 aliphatic carbocycles. The largest absolute Gasteiger partial charge is 0.392 e. The molecule has 0 amide bonds. The lowest BCUT2D eigenvalue weighted by Gasteiger charge is -2.37. The number of nitrogens with zero attached hydrogens (tertiary/aromatic N) is 1. The quantitative estimate of drug-likeness (QED) is 0.706. The topological polar surface area (TPSA) is 23.5 Å². The molecule has 12 heavy (non-hydrogen) atoms. The van der Waals surface area contributed by atoms with Crippen LogP contribution in [0.15, 0.2) is 0 Å². The van der Waals surface area contributed by atoms with Gasteiger partial charge in [-0.15, -0.1) is 0 Å². The van der Waals surface area contributed by atoms with Gasteiger partial charge >= 0.3 is 0 Å². The minimum absolute atomic E-state index is 0.191. The fraction of sp³-hybridized carbons (Fsp3) is 1.00. The Morgan fingerprint density at radius 2 is 2.25 bits per heavy atom. The van der Waals surface area contributed by atoms with Crippen LogP contribution in [-0.2, 0) is 0 Å². The molecule has 2 nitrogen and oxygen atoms in total. The van der Waals surface area contributed by atoms with Gasteiger partial charge in [0.1, 0.15) is 0 Å². The summed E-state index contributed by atoms with van der Waals surface area (Å²) in [6.07, 6.45) is -0.191. The van der Waals surface area contributed by atoms with E-state index in [0.717, 1.165) is 19.6 Å². The molecule has 3 heteroatoms. The normalized spacial score (nSPS) is 27.0. The maximum absolute atomic E-state index is 9.23. The van der Waals surface area contributed by atoms with Gasteiger partial charge in [-0.05, 0) is 20.8 Å². The van der Waals surface area contributed by atoms with Gasteiger partial charge in [0.25, 0.3) is 0 Å². The van der Waals surface area contributed by atoms with Crippen molar-refractivity contribution < 1.29 is 5.11 Å². The molecule has 0 saturated carbocycles. The maximum atomic E-state index is 9.23. The summed E-state index contributed by atoms with van der Waals surface area (Å²) >= 11 is 2.03. The lowest BCUT2D eigenvalue weighted by Crippen LogP contribution is -2.45. The molecule has 0 radical (unpaired) electrons. The summed E-state index contributed by atoms with van der Waals surface area (Å²) in [4.78, 5) is 2.35. The van der Waals surface area contributed by atoms with Crippen molar-refractivity contribution >= 4 is 11.8 Å². The van der Waals surface area contributed by atoms with E-state index in [9.17, 15) is 5.11 Å². The monoisotopic (exact) mass is 189 g/mol. The van der Waals surface area contributed by atoms with Crippen LogP contribution in [0, 0.1) is 0 Å². The van der Waals surface area contributed by atoms with Crippen molar-refractivity contribution in [1.29, 1.82) is 0 Å². The van der Waals surface area contributed by atoms with Crippen LogP contribution < -0.4 is 0 Å². The van der Waals surface area contributed by atoms with E-state index in [4.69, 9.17) is 0 Å². The number of thioether (sulfide) groups is 1. The highest BCUT2D eigenvalue weighted by atomic mass is 32.2. The van der Waals surface area contributed by atoms with Crippen molar-refractivity contribution in [2.75, 3.05) is 25.4 Å². The summed E-state index contributed by atoms with van der Waals surface area (Å²) < 4.78 is 0.368. The van der Waals surface area contributed by atoms with E-state index >= 15 is 0 Å². The van der Waals surface area contributed by atoms with E-state index in [0.29, 0.717) is 4.75 Å². The number of aliphatic hydroxyl groups excluding tert-OH is 1. The zero-order chi connectivity index (χ0) is 9.19. The van der Waals surface area contributed by atoms with Crippen LogP contribution in [0.1, 0.15) is 20.8 Å². The first-order valence-corrected chi connectivity index (χ1v) is 5.52. The van der Waals surface area contributed by atoms with E-state index in [1.807, 2.05) is 18.7 Å². The first-order valence-electron chi connectivity index (χ1n) is 4.54. The first-order chi connectivity index (χ1) is 5.49. The molecule has 0 aromatic rings. The Labute approximate surface area is 79.3 Å². The van der Waals surface area contributed by atoms with Crippen molar-refractivity contribution in [2.24, 2.45) is 0 Å². The van der Waals surface area contributed by atoms with Gasteiger partial charge in [-0.2, -0.15) is 11.8 Å². The van der Waals surface area contributed by atoms with Crippen molar-refractivity contribution in [3.05, 3.63) is 0 Å². The third-order valence-electron chi connectivity index (χ3n) is 2.03. The van der Waals surface area contributed by atoms with Gasteiger partial charge in [-0.25, -0.2) is 0 Å². The van der Waals surface area contributed by atoms with Crippen LogP contribution in [0.3, 0.4) is 0 Å². The van der Waals surface area contributed by atoms with Gasteiger partial charge < -0.3 is 5.11 Å². The predicted octanol–water partition coefficient (Wildman–Crippen LogP) is 1.19. The number of β-amino-alcohol motifs (C(OH)–C–C–N with tert-alkyl or cyclic N) is 1. The average molecular weight is 189 g/mol. The SMILES string of the molecule is C[C@@H](O)CN1CCSC(C)(C)C1. The lowest BCUT2D eigenvalue weighted by molar-refractivity contribution is 0.123. The molecular weight excluding hydrogens is 170 g/mol. The van der Waals surface area contributed by atoms with Gasteiger partial charge in [0, 0.05) is 30.1 Å². The molecule has 0 aromatic carbocycles.